The SMILES string of the molecule is Nc1cc(S(=O)(=O)N2CCCC2CCCO)c(F)cc1F. The van der Waals surface area contributed by atoms with Crippen LogP contribution in [-0.4, -0.2) is 37.0 Å². The summed E-state index contributed by atoms with van der Waals surface area (Å²) in [5, 5.41) is 8.86. The molecule has 8 heteroatoms. The number of anilines is 1. The number of nitrogens with zero attached hydrogens (tertiary/aromatic N) is 1. The highest BCUT2D eigenvalue weighted by Crippen LogP contribution is 2.31. The molecule has 0 aromatic heterocycles. The molecule has 0 bridgehead atoms. The zero-order valence-corrected chi connectivity index (χ0v) is 12.2. The Balaban J connectivity index is 2.35. The number of rotatable bonds is 5. The van der Waals surface area contributed by atoms with Crippen LogP contribution in [0.2, 0.25) is 0 Å². The molecule has 1 unspecified atom stereocenters. The Kier molecular flexibility index (Phi) is 4.80. The van der Waals surface area contributed by atoms with Crippen molar-refractivity contribution in [3.05, 3.63) is 23.8 Å². The molecule has 0 saturated carbocycles. The average Bonchev–Trinajstić information content (AvgIpc) is 2.89. The molecule has 1 fully saturated rings. The molecule has 1 aliphatic heterocycles. The highest BCUT2D eigenvalue weighted by molar-refractivity contribution is 7.89. The van der Waals surface area contributed by atoms with E-state index in [-0.39, 0.29) is 19.2 Å². The second-order valence-electron chi connectivity index (χ2n) is 5.08. The molecule has 3 N–H and O–H groups in total. The summed E-state index contributed by atoms with van der Waals surface area (Å²) < 4.78 is 53.3. The first kappa shape index (κ1) is 16.1. The van der Waals surface area contributed by atoms with Gasteiger partial charge in [-0.25, -0.2) is 17.2 Å². The number of benzene rings is 1. The number of nitrogens with two attached hydrogens (primary N) is 1. The van der Waals surface area contributed by atoms with E-state index < -0.39 is 32.2 Å². The zero-order chi connectivity index (χ0) is 15.6. The predicted molar refractivity (Wildman–Crippen MR) is 74.0 cm³/mol. The maximum atomic E-state index is 13.8. The lowest BCUT2D eigenvalue weighted by atomic mass is 10.1. The van der Waals surface area contributed by atoms with Crippen LogP contribution in [0.25, 0.3) is 0 Å². The largest absolute Gasteiger partial charge is 0.396 e. The number of hydrogen-bond acceptors (Lipinski definition) is 4. The number of sulfonamides is 1. The van der Waals surface area contributed by atoms with E-state index in [2.05, 4.69) is 0 Å². The minimum absolute atomic E-state index is 0.0256. The van der Waals surface area contributed by atoms with Gasteiger partial charge in [-0.2, -0.15) is 4.31 Å². The van der Waals surface area contributed by atoms with Gasteiger partial charge in [0.2, 0.25) is 10.0 Å². The van der Waals surface area contributed by atoms with Gasteiger partial charge in [-0.15, -0.1) is 0 Å². The summed E-state index contributed by atoms with van der Waals surface area (Å²) in [7, 11) is -4.06. The molecular weight excluding hydrogens is 302 g/mol. The molecule has 1 aromatic carbocycles. The van der Waals surface area contributed by atoms with Crippen LogP contribution >= 0.6 is 0 Å². The summed E-state index contributed by atoms with van der Waals surface area (Å²) in [6.45, 7) is 0.261. The molecule has 1 atom stereocenters. The molecule has 1 aromatic rings. The van der Waals surface area contributed by atoms with Crippen molar-refractivity contribution in [1.29, 1.82) is 0 Å². The standard InChI is InChI=1S/C13H18F2N2O3S/c14-10-7-11(15)13(8-12(10)16)21(19,20)17-5-1-3-9(17)4-2-6-18/h7-9,18H,1-6,16H2. The van der Waals surface area contributed by atoms with Crippen molar-refractivity contribution < 1.29 is 22.3 Å². The lowest BCUT2D eigenvalue weighted by Crippen LogP contribution is -2.36. The second kappa shape index (κ2) is 6.25. The molecule has 1 saturated heterocycles. The maximum Gasteiger partial charge on any atom is 0.246 e. The number of nitrogen functional groups attached to an aromatic ring is 1. The summed E-state index contributed by atoms with van der Waals surface area (Å²) in [4.78, 5) is -0.600. The van der Waals surface area contributed by atoms with E-state index in [0.29, 0.717) is 31.7 Å². The molecule has 118 valence electrons. The minimum Gasteiger partial charge on any atom is -0.396 e. The minimum atomic E-state index is -4.06. The fourth-order valence-corrected chi connectivity index (χ4v) is 4.42. The van der Waals surface area contributed by atoms with Gasteiger partial charge in [0, 0.05) is 25.3 Å². The first-order chi connectivity index (χ1) is 9.87. The summed E-state index contributed by atoms with van der Waals surface area (Å²) >= 11 is 0. The van der Waals surface area contributed by atoms with Crippen LogP contribution < -0.4 is 5.73 Å². The number of hydrogen-bond donors (Lipinski definition) is 2. The van der Waals surface area contributed by atoms with Gasteiger partial charge in [0.1, 0.15) is 16.5 Å². The van der Waals surface area contributed by atoms with Crippen LogP contribution in [0.15, 0.2) is 17.0 Å². The zero-order valence-electron chi connectivity index (χ0n) is 11.4. The van der Waals surface area contributed by atoms with E-state index in [4.69, 9.17) is 10.8 Å². The van der Waals surface area contributed by atoms with Crippen molar-refractivity contribution >= 4 is 15.7 Å². The maximum absolute atomic E-state index is 13.8. The van der Waals surface area contributed by atoms with Gasteiger partial charge in [-0.3, -0.25) is 0 Å². The van der Waals surface area contributed by atoms with Crippen molar-refractivity contribution in [3.63, 3.8) is 0 Å². The van der Waals surface area contributed by atoms with Gasteiger partial charge < -0.3 is 10.8 Å². The van der Waals surface area contributed by atoms with E-state index in [1.54, 1.807) is 0 Å². The monoisotopic (exact) mass is 320 g/mol. The van der Waals surface area contributed by atoms with Crippen LogP contribution in [-0.2, 0) is 10.0 Å². The van der Waals surface area contributed by atoms with Gasteiger partial charge in [0.25, 0.3) is 0 Å². The fraction of sp³-hybridized carbons (Fsp3) is 0.538. The molecule has 0 amide bonds. The van der Waals surface area contributed by atoms with E-state index >= 15 is 0 Å². The van der Waals surface area contributed by atoms with E-state index in [1.807, 2.05) is 0 Å². The van der Waals surface area contributed by atoms with Gasteiger partial charge in [0.05, 0.1) is 5.69 Å². The smallest absolute Gasteiger partial charge is 0.246 e. The van der Waals surface area contributed by atoms with Gasteiger partial charge in [-0.1, -0.05) is 0 Å². The first-order valence-corrected chi connectivity index (χ1v) is 8.19. The van der Waals surface area contributed by atoms with Crippen LogP contribution in [0, 0.1) is 11.6 Å². The van der Waals surface area contributed by atoms with Crippen molar-refractivity contribution in [2.45, 2.75) is 36.6 Å². The fourth-order valence-electron chi connectivity index (χ4n) is 2.61. The average molecular weight is 320 g/mol. The van der Waals surface area contributed by atoms with Crippen molar-refractivity contribution in [3.8, 4) is 0 Å². The third-order valence-corrected chi connectivity index (χ3v) is 5.62. The highest BCUT2D eigenvalue weighted by atomic mass is 32.2. The third kappa shape index (κ3) is 3.17. The lowest BCUT2D eigenvalue weighted by Gasteiger charge is -2.24. The van der Waals surface area contributed by atoms with E-state index in [0.717, 1.165) is 6.07 Å². The Hall–Kier alpha value is -1.25. The topological polar surface area (TPSA) is 83.6 Å². The summed E-state index contributed by atoms with van der Waals surface area (Å²) in [6.07, 6.45) is 2.32. The van der Waals surface area contributed by atoms with Crippen LogP contribution in [0.1, 0.15) is 25.7 Å². The molecule has 1 heterocycles. The number of halogens is 2. The molecule has 21 heavy (non-hydrogen) atoms. The second-order valence-corrected chi connectivity index (χ2v) is 6.94. The Bertz CT molecular complexity index is 622. The molecule has 0 spiro atoms. The Labute approximate surface area is 122 Å². The normalized spacial score (nSPS) is 20.0. The van der Waals surface area contributed by atoms with Crippen LogP contribution in [0.3, 0.4) is 0 Å². The Morgan fingerprint density at radius 3 is 2.71 bits per heavy atom. The van der Waals surface area contributed by atoms with Gasteiger partial charge >= 0.3 is 0 Å². The molecule has 1 aliphatic rings. The van der Waals surface area contributed by atoms with Crippen LogP contribution in [0.5, 0.6) is 0 Å². The predicted octanol–water partition coefficient (Wildman–Crippen LogP) is 1.47. The van der Waals surface area contributed by atoms with Crippen LogP contribution in [0.4, 0.5) is 14.5 Å². The van der Waals surface area contributed by atoms with Crippen molar-refractivity contribution in [2.24, 2.45) is 0 Å². The van der Waals surface area contributed by atoms with Crippen molar-refractivity contribution in [2.75, 3.05) is 18.9 Å². The van der Waals surface area contributed by atoms with E-state index in [1.165, 1.54) is 4.31 Å². The highest BCUT2D eigenvalue weighted by Gasteiger charge is 2.36. The summed E-state index contributed by atoms with van der Waals surface area (Å²) in [6, 6.07) is 1.04. The lowest BCUT2D eigenvalue weighted by molar-refractivity contribution is 0.264. The molecule has 0 radical (unpaired) electrons. The van der Waals surface area contributed by atoms with Gasteiger partial charge in [-0.05, 0) is 31.7 Å². The van der Waals surface area contributed by atoms with Gasteiger partial charge in [0.15, 0.2) is 0 Å². The third-order valence-electron chi connectivity index (χ3n) is 3.66. The summed E-state index contributed by atoms with van der Waals surface area (Å²) in [5.41, 5.74) is 4.94. The molecule has 0 aliphatic carbocycles. The molecular formula is C13H18F2N2O3S. The van der Waals surface area contributed by atoms with E-state index in [9.17, 15) is 17.2 Å². The molecule has 5 nitrogen and oxygen atoms in total. The van der Waals surface area contributed by atoms with Crippen molar-refractivity contribution in [1.82, 2.24) is 4.31 Å². The molecule has 2 rings (SSSR count). The first-order valence-electron chi connectivity index (χ1n) is 6.75. The number of aliphatic hydroxyl groups is 1. The Morgan fingerprint density at radius 1 is 1.33 bits per heavy atom. The number of aliphatic hydroxyl groups excluding tert-OH is 1. The summed E-state index contributed by atoms with van der Waals surface area (Å²) in [5.74, 6) is -2.13. The quantitative estimate of drug-likeness (QED) is 0.805. The Morgan fingerprint density at radius 2 is 2.05 bits per heavy atom.